The predicted octanol–water partition coefficient (Wildman–Crippen LogP) is 2.34. The van der Waals surface area contributed by atoms with Crippen molar-refractivity contribution in [2.75, 3.05) is 38.7 Å². The van der Waals surface area contributed by atoms with E-state index in [1.54, 1.807) is 12.4 Å². The Labute approximate surface area is 148 Å². The molecule has 2 N–H and O–H groups in total. The SMILES string of the molecule is CN1CCC[C@H](CNc2cncc(OCCO)n2)[C@H]1c1ccccc1. The third-order valence-corrected chi connectivity index (χ3v) is 4.65. The maximum absolute atomic E-state index is 8.84. The molecule has 0 radical (unpaired) electrons. The van der Waals surface area contributed by atoms with Gasteiger partial charge in [-0.2, -0.15) is 4.98 Å². The van der Waals surface area contributed by atoms with Gasteiger partial charge in [0.15, 0.2) is 0 Å². The first-order valence-corrected chi connectivity index (χ1v) is 8.82. The Kier molecular flexibility index (Phi) is 6.19. The van der Waals surface area contributed by atoms with Crippen LogP contribution in [-0.4, -0.2) is 53.3 Å². The zero-order chi connectivity index (χ0) is 17.5. The van der Waals surface area contributed by atoms with Gasteiger partial charge in [-0.3, -0.25) is 9.88 Å². The topological polar surface area (TPSA) is 70.5 Å². The maximum Gasteiger partial charge on any atom is 0.234 e. The zero-order valence-corrected chi connectivity index (χ0v) is 14.6. The van der Waals surface area contributed by atoms with Crippen LogP contribution in [0.1, 0.15) is 24.4 Å². The molecule has 2 atom stereocenters. The molecule has 1 aliphatic rings. The lowest BCUT2D eigenvalue weighted by Gasteiger charge is -2.39. The van der Waals surface area contributed by atoms with E-state index in [1.807, 2.05) is 0 Å². The molecule has 1 aliphatic heterocycles. The van der Waals surface area contributed by atoms with Crippen molar-refractivity contribution in [2.24, 2.45) is 5.92 Å². The van der Waals surface area contributed by atoms with Gasteiger partial charge in [-0.1, -0.05) is 30.3 Å². The van der Waals surface area contributed by atoms with Gasteiger partial charge >= 0.3 is 0 Å². The summed E-state index contributed by atoms with van der Waals surface area (Å²) < 4.78 is 5.32. The van der Waals surface area contributed by atoms with Crippen LogP contribution in [0.4, 0.5) is 5.82 Å². The highest BCUT2D eigenvalue weighted by Gasteiger charge is 2.30. The molecule has 1 fully saturated rings. The van der Waals surface area contributed by atoms with Crippen LogP contribution in [0.5, 0.6) is 5.88 Å². The molecule has 1 aromatic heterocycles. The molecule has 0 amide bonds. The number of benzene rings is 1. The van der Waals surface area contributed by atoms with Crippen LogP contribution < -0.4 is 10.1 Å². The van der Waals surface area contributed by atoms with Crippen molar-refractivity contribution in [3.05, 3.63) is 48.3 Å². The number of hydrogen-bond acceptors (Lipinski definition) is 6. The van der Waals surface area contributed by atoms with Gasteiger partial charge in [0, 0.05) is 12.6 Å². The van der Waals surface area contributed by atoms with Crippen LogP contribution >= 0.6 is 0 Å². The Morgan fingerprint density at radius 1 is 1.28 bits per heavy atom. The van der Waals surface area contributed by atoms with E-state index in [0.29, 0.717) is 23.7 Å². The number of piperidine rings is 1. The predicted molar refractivity (Wildman–Crippen MR) is 97.6 cm³/mol. The summed E-state index contributed by atoms with van der Waals surface area (Å²) >= 11 is 0. The Morgan fingerprint density at radius 3 is 2.92 bits per heavy atom. The van der Waals surface area contributed by atoms with E-state index >= 15 is 0 Å². The summed E-state index contributed by atoms with van der Waals surface area (Å²) in [6.07, 6.45) is 5.65. The summed E-state index contributed by atoms with van der Waals surface area (Å²) in [6.45, 7) is 2.15. The summed E-state index contributed by atoms with van der Waals surface area (Å²) in [4.78, 5) is 11.0. The van der Waals surface area contributed by atoms with Gasteiger partial charge in [-0.15, -0.1) is 0 Å². The number of rotatable bonds is 7. The van der Waals surface area contributed by atoms with E-state index in [1.165, 1.54) is 18.4 Å². The van der Waals surface area contributed by atoms with Crippen molar-refractivity contribution in [3.63, 3.8) is 0 Å². The Balaban J connectivity index is 1.66. The van der Waals surface area contributed by atoms with Crippen molar-refractivity contribution in [1.29, 1.82) is 0 Å². The fraction of sp³-hybridized carbons (Fsp3) is 0.474. The number of ether oxygens (including phenoxy) is 1. The number of anilines is 1. The first kappa shape index (κ1) is 17.6. The fourth-order valence-electron chi connectivity index (χ4n) is 3.54. The van der Waals surface area contributed by atoms with Crippen LogP contribution in [-0.2, 0) is 0 Å². The van der Waals surface area contributed by atoms with Crippen LogP contribution in [0.25, 0.3) is 0 Å². The van der Waals surface area contributed by atoms with Crippen LogP contribution in [0.2, 0.25) is 0 Å². The molecule has 6 heteroatoms. The van der Waals surface area contributed by atoms with Crippen LogP contribution in [0.3, 0.4) is 0 Å². The third kappa shape index (κ3) is 4.67. The molecule has 2 aromatic rings. The Hall–Kier alpha value is -2.18. The average Bonchev–Trinajstić information content (AvgIpc) is 2.66. The van der Waals surface area contributed by atoms with Gasteiger partial charge < -0.3 is 15.2 Å². The van der Waals surface area contributed by atoms with Crippen molar-refractivity contribution in [3.8, 4) is 5.88 Å². The largest absolute Gasteiger partial charge is 0.474 e. The summed E-state index contributed by atoms with van der Waals surface area (Å²) in [7, 11) is 2.20. The second-order valence-electron chi connectivity index (χ2n) is 6.43. The van der Waals surface area contributed by atoms with E-state index in [9.17, 15) is 0 Å². The van der Waals surface area contributed by atoms with Crippen molar-refractivity contribution < 1.29 is 9.84 Å². The van der Waals surface area contributed by atoms with Gasteiger partial charge in [0.05, 0.1) is 19.0 Å². The van der Waals surface area contributed by atoms with E-state index < -0.39 is 0 Å². The van der Waals surface area contributed by atoms with Gasteiger partial charge in [-0.25, -0.2) is 0 Å². The molecule has 2 heterocycles. The van der Waals surface area contributed by atoms with Gasteiger partial charge in [0.1, 0.15) is 12.4 Å². The summed E-state index contributed by atoms with van der Waals surface area (Å²) in [6, 6.07) is 11.1. The number of aromatic nitrogens is 2. The quantitative estimate of drug-likeness (QED) is 0.805. The summed E-state index contributed by atoms with van der Waals surface area (Å²) in [5.74, 6) is 1.64. The average molecular weight is 342 g/mol. The molecule has 1 aromatic carbocycles. The van der Waals surface area contributed by atoms with Gasteiger partial charge in [0.25, 0.3) is 0 Å². The van der Waals surface area contributed by atoms with Crippen molar-refractivity contribution in [2.45, 2.75) is 18.9 Å². The van der Waals surface area contributed by atoms with Gasteiger partial charge in [-0.05, 0) is 37.9 Å². The molecule has 0 saturated carbocycles. The highest BCUT2D eigenvalue weighted by Crippen LogP contribution is 2.35. The lowest BCUT2D eigenvalue weighted by atomic mass is 9.85. The molecule has 134 valence electrons. The number of likely N-dealkylation sites (tertiary alicyclic amines) is 1. The second kappa shape index (κ2) is 8.78. The minimum atomic E-state index is -0.0352. The molecule has 0 aliphatic carbocycles. The fourth-order valence-corrected chi connectivity index (χ4v) is 3.54. The number of nitrogens with one attached hydrogen (secondary N) is 1. The minimum absolute atomic E-state index is 0.0352. The highest BCUT2D eigenvalue weighted by molar-refractivity contribution is 5.33. The maximum atomic E-state index is 8.84. The molecule has 25 heavy (non-hydrogen) atoms. The van der Waals surface area contributed by atoms with Crippen LogP contribution in [0, 0.1) is 5.92 Å². The molecule has 0 spiro atoms. The van der Waals surface area contributed by atoms with E-state index in [-0.39, 0.29) is 13.2 Å². The third-order valence-electron chi connectivity index (χ3n) is 4.65. The lowest BCUT2D eigenvalue weighted by Crippen LogP contribution is -2.39. The minimum Gasteiger partial charge on any atom is -0.474 e. The number of nitrogens with zero attached hydrogens (tertiary/aromatic N) is 3. The summed E-state index contributed by atoms with van der Waals surface area (Å²) in [5.41, 5.74) is 1.36. The Bertz CT molecular complexity index is 653. The second-order valence-corrected chi connectivity index (χ2v) is 6.43. The van der Waals surface area contributed by atoms with Crippen LogP contribution in [0.15, 0.2) is 42.7 Å². The Morgan fingerprint density at radius 2 is 2.12 bits per heavy atom. The molecule has 1 saturated heterocycles. The molecular weight excluding hydrogens is 316 g/mol. The zero-order valence-electron chi connectivity index (χ0n) is 14.6. The number of aliphatic hydroxyl groups excluding tert-OH is 1. The van der Waals surface area contributed by atoms with E-state index in [4.69, 9.17) is 9.84 Å². The van der Waals surface area contributed by atoms with Crippen molar-refractivity contribution in [1.82, 2.24) is 14.9 Å². The highest BCUT2D eigenvalue weighted by atomic mass is 16.5. The van der Waals surface area contributed by atoms with Gasteiger partial charge in [0.2, 0.25) is 5.88 Å². The molecule has 0 unspecified atom stereocenters. The summed E-state index contributed by atoms with van der Waals surface area (Å²) in [5, 5.41) is 12.2. The smallest absolute Gasteiger partial charge is 0.234 e. The standard InChI is InChI=1S/C19H26N4O2/c1-23-9-5-8-16(19(23)15-6-3-2-4-7-15)12-21-17-13-20-14-18(22-17)25-11-10-24/h2-4,6-7,13-14,16,19,24H,5,8-12H2,1H3,(H,21,22)/t16-,19-/m1/s1. The molecule has 3 rings (SSSR count). The number of hydrogen-bond donors (Lipinski definition) is 2. The molecule has 6 nitrogen and oxygen atoms in total. The first-order chi connectivity index (χ1) is 12.3. The normalized spacial score (nSPS) is 21.0. The molecular formula is C19H26N4O2. The first-order valence-electron chi connectivity index (χ1n) is 8.82. The van der Waals surface area contributed by atoms with E-state index in [0.717, 1.165) is 13.1 Å². The molecule has 0 bridgehead atoms. The lowest BCUT2D eigenvalue weighted by molar-refractivity contribution is 0.128. The van der Waals surface area contributed by atoms with Crippen molar-refractivity contribution >= 4 is 5.82 Å². The monoisotopic (exact) mass is 342 g/mol. The van der Waals surface area contributed by atoms with E-state index in [2.05, 4.69) is 57.6 Å². The number of aliphatic hydroxyl groups is 1.